The minimum Gasteiger partial charge on any atom is -0.480 e. The summed E-state index contributed by atoms with van der Waals surface area (Å²) in [6.07, 6.45) is 1.80. The van der Waals surface area contributed by atoms with Crippen molar-refractivity contribution >= 4 is 17.3 Å². The topological polar surface area (TPSA) is 65.5 Å². The summed E-state index contributed by atoms with van der Waals surface area (Å²) in [5, 5.41) is 12.1. The lowest BCUT2D eigenvalue weighted by Gasteiger charge is -2.32. The van der Waals surface area contributed by atoms with E-state index in [9.17, 15) is 4.79 Å². The number of carboxylic acids is 1. The van der Waals surface area contributed by atoms with Gasteiger partial charge in [0.25, 0.3) is 0 Å². The summed E-state index contributed by atoms with van der Waals surface area (Å²) in [5.41, 5.74) is 1.77. The normalized spacial score (nSPS) is 22.8. The third-order valence-electron chi connectivity index (χ3n) is 2.48. The highest BCUT2D eigenvalue weighted by Gasteiger charge is 2.28. The van der Waals surface area contributed by atoms with Gasteiger partial charge in [0.2, 0.25) is 0 Å². The van der Waals surface area contributed by atoms with Crippen LogP contribution >= 0.6 is 11.3 Å². The number of hydrogen-bond acceptors (Lipinski definition) is 5. The number of carbonyl (C=O) groups is 1. The van der Waals surface area contributed by atoms with Gasteiger partial charge in [-0.25, -0.2) is 0 Å². The van der Waals surface area contributed by atoms with Crippen molar-refractivity contribution in [1.29, 1.82) is 0 Å². The van der Waals surface area contributed by atoms with Gasteiger partial charge in [0.1, 0.15) is 6.04 Å². The first-order valence-corrected chi connectivity index (χ1v) is 5.70. The highest BCUT2D eigenvalue weighted by Crippen LogP contribution is 2.13. The summed E-state index contributed by atoms with van der Waals surface area (Å²) in [7, 11) is 0. The molecule has 2 heterocycles. The Kier molecular flexibility index (Phi) is 3.30. The fourth-order valence-corrected chi connectivity index (χ4v) is 2.32. The summed E-state index contributed by atoms with van der Waals surface area (Å²) < 4.78 is 0. The van der Waals surface area contributed by atoms with Crippen molar-refractivity contribution in [2.75, 3.05) is 19.6 Å². The number of rotatable bonds is 3. The standard InChI is InChI=1S/C9H13N3O2S/c13-9(14)8-4-10-1-2-12(8)5-7-3-11-6-15-7/h3,6,8,10H,1-2,4-5H2,(H,13,14). The van der Waals surface area contributed by atoms with Gasteiger partial charge in [-0.15, -0.1) is 11.3 Å². The molecule has 2 N–H and O–H groups in total. The molecule has 0 aliphatic carbocycles. The molecule has 5 nitrogen and oxygen atoms in total. The molecule has 6 heteroatoms. The van der Waals surface area contributed by atoms with Gasteiger partial charge in [-0.05, 0) is 0 Å². The Bertz CT molecular complexity index is 328. The molecule has 0 spiro atoms. The van der Waals surface area contributed by atoms with Gasteiger partial charge in [-0.3, -0.25) is 14.7 Å². The minimum absolute atomic E-state index is 0.416. The van der Waals surface area contributed by atoms with Gasteiger partial charge < -0.3 is 10.4 Å². The van der Waals surface area contributed by atoms with Crippen LogP contribution < -0.4 is 5.32 Å². The van der Waals surface area contributed by atoms with Crippen LogP contribution in [0.15, 0.2) is 11.7 Å². The number of aromatic nitrogens is 1. The third-order valence-corrected chi connectivity index (χ3v) is 3.25. The van der Waals surface area contributed by atoms with Gasteiger partial charge in [0, 0.05) is 37.3 Å². The zero-order chi connectivity index (χ0) is 10.7. The maximum atomic E-state index is 11.0. The van der Waals surface area contributed by atoms with Crippen molar-refractivity contribution in [3.8, 4) is 0 Å². The molecule has 1 fully saturated rings. The van der Waals surface area contributed by atoms with E-state index in [0.717, 1.165) is 18.0 Å². The van der Waals surface area contributed by atoms with Crippen LogP contribution in [0.2, 0.25) is 0 Å². The van der Waals surface area contributed by atoms with E-state index in [1.54, 1.807) is 23.0 Å². The quantitative estimate of drug-likeness (QED) is 0.761. The van der Waals surface area contributed by atoms with E-state index in [1.807, 2.05) is 4.90 Å². The van der Waals surface area contributed by atoms with E-state index in [1.165, 1.54) is 0 Å². The van der Waals surface area contributed by atoms with Crippen LogP contribution in [-0.2, 0) is 11.3 Å². The number of thiazole rings is 1. The molecule has 1 aromatic rings. The predicted octanol–water partition coefficient (Wildman–Crippen LogP) is 0.00150. The maximum Gasteiger partial charge on any atom is 0.322 e. The SMILES string of the molecule is O=C(O)C1CNCCN1Cc1cncs1. The molecule has 1 unspecified atom stereocenters. The molecule has 15 heavy (non-hydrogen) atoms. The first-order chi connectivity index (χ1) is 7.27. The number of nitrogens with zero attached hydrogens (tertiary/aromatic N) is 2. The van der Waals surface area contributed by atoms with Crippen LogP contribution in [-0.4, -0.2) is 46.6 Å². The summed E-state index contributed by atoms with van der Waals surface area (Å²) in [4.78, 5) is 18.1. The molecule has 0 amide bonds. The molecule has 1 aliphatic rings. The first-order valence-electron chi connectivity index (χ1n) is 4.82. The Morgan fingerprint density at radius 1 is 1.80 bits per heavy atom. The maximum absolute atomic E-state index is 11.0. The van der Waals surface area contributed by atoms with E-state index < -0.39 is 12.0 Å². The molecule has 1 aliphatic heterocycles. The molecule has 0 radical (unpaired) electrons. The van der Waals surface area contributed by atoms with Crippen molar-refractivity contribution in [3.05, 3.63) is 16.6 Å². The van der Waals surface area contributed by atoms with E-state index in [2.05, 4.69) is 10.3 Å². The van der Waals surface area contributed by atoms with E-state index >= 15 is 0 Å². The lowest BCUT2D eigenvalue weighted by molar-refractivity contribution is -0.144. The van der Waals surface area contributed by atoms with Crippen LogP contribution in [0.25, 0.3) is 0 Å². The number of piperazine rings is 1. The molecule has 2 rings (SSSR count). The van der Waals surface area contributed by atoms with Crippen LogP contribution in [0.1, 0.15) is 4.88 Å². The molecule has 82 valence electrons. The molecule has 0 saturated carbocycles. The number of carboxylic acid groups (broad SMARTS) is 1. The van der Waals surface area contributed by atoms with Gasteiger partial charge in [-0.2, -0.15) is 0 Å². The van der Waals surface area contributed by atoms with Crippen molar-refractivity contribution in [3.63, 3.8) is 0 Å². The van der Waals surface area contributed by atoms with Gasteiger partial charge in [0.15, 0.2) is 0 Å². The molecular formula is C9H13N3O2S. The molecule has 0 bridgehead atoms. The Morgan fingerprint density at radius 2 is 2.67 bits per heavy atom. The smallest absolute Gasteiger partial charge is 0.322 e. The van der Waals surface area contributed by atoms with Crippen molar-refractivity contribution in [2.24, 2.45) is 0 Å². The molecule has 1 saturated heterocycles. The lowest BCUT2D eigenvalue weighted by atomic mass is 10.2. The predicted molar refractivity (Wildman–Crippen MR) is 56.8 cm³/mol. The van der Waals surface area contributed by atoms with Gasteiger partial charge in [-0.1, -0.05) is 0 Å². The van der Waals surface area contributed by atoms with Crippen molar-refractivity contribution in [2.45, 2.75) is 12.6 Å². The van der Waals surface area contributed by atoms with Crippen LogP contribution in [0.3, 0.4) is 0 Å². The zero-order valence-electron chi connectivity index (χ0n) is 8.22. The molecular weight excluding hydrogens is 214 g/mol. The van der Waals surface area contributed by atoms with Gasteiger partial charge in [0.05, 0.1) is 5.51 Å². The second-order valence-corrected chi connectivity index (χ2v) is 4.47. The average Bonchev–Trinajstić information content (AvgIpc) is 2.71. The summed E-state index contributed by atoms with van der Waals surface area (Å²) in [6, 6.07) is -0.416. The zero-order valence-corrected chi connectivity index (χ0v) is 9.04. The largest absolute Gasteiger partial charge is 0.480 e. The van der Waals surface area contributed by atoms with Crippen molar-refractivity contribution in [1.82, 2.24) is 15.2 Å². The lowest BCUT2D eigenvalue weighted by Crippen LogP contribution is -2.54. The highest BCUT2D eigenvalue weighted by atomic mass is 32.1. The summed E-state index contributed by atoms with van der Waals surface area (Å²) >= 11 is 1.56. The van der Waals surface area contributed by atoms with Crippen molar-refractivity contribution < 1.29 is 9.90 Å². The van der Waals surface area contributed by atoms with Crippen LogP contribution in [0.4, 0.5) is 0 Å². The second-order valence-electron chi connectivity index (χ2n) is 3.50. The number of nitrogens with one attached hydrogen (secondary N) is 1. The van der Waals surface area contributed by atoms with E-state index in [4.69, 9.17) is 5.11 Å². The highest BCUT2D eigenvalue weighted by molar-refractivity contribution is 7.09. The van der Waals surface area contributed by atoms with Gasteiger partial charge >= 0.3 is 5.97 Å². The van der Waals surface area contributed by atoms with Crippen LogP contribution in [0.5, 0.6) is 0 Å². The number of hydrogen-bond donors (Lipinski definition) is 2. The Morgan fingerprint density at radius 3 is 3.33 bits per heavy atom. The van der Waals surface area contributed by atoms with E-state index in [-0.39, 0.29) is 0 Å². The monoisotopic (exact) mass is 227 g/mol. The second kappa shape index (κ2) is 4.69. The fourth-order valence-electron chi connectivity index (χ4n) is 1.70. The Balaban J connectivity index is 2.02. The molecule has 0 aromatic carbocycles. The van der Waals surface area contributed by atoms with E-state index in [0.29, 0.717) is 13.1 Å². The Hall–Kier alpha value is -0.980. The summed E-state index contributed by atoms with van der Waals surface area (Å²) in [6.45, 7) is 2.83. The Labute approximate surface area is 91.7 Å². The van der Waals surface area contributed by atoms with Crippen LogP contribution in [0, 0.1) is 0 Å². The minimum atomic E-state index is -0.758. The number of aliphatic carboxylic acids is 1. The third kappa shape index (κ3) is 2.53. The molecule has 1 atom stereocenters. The first kappa shape index (κ1) is 10.5. The molecule has 1 aromatic heterocycles. The average molecular weight is 227 g/mol. The fraction of sp³-hybridized carbons (Fsp3) is 0.556. The summed E-state index contributed by atoms with van der Waals surface area (Å²) in [5.74, 6) is -0.758.